The molecular formula is C35H46N2O5S2. The molecule has 0 fully saturated rings. The summed E-state index contributed by atoms with van der Waals surface area (Å²) in [4.78, 5) is 19.5. The molecule has 0 N–H and O–H groups in total. The zero-order valence-electron chi connectivity index (χ0n) is 26.9. The van der Waals surface area contributed by atoms with E-state index < -0.39 is 4.75 Å². The van der Waals surface area contributed by atoms with Crippen LogP contribution in [0.3, 0.4) is 0 Å². The van der Waals surface area contributed by atoms with Crippen molar-refractivity contribution in [2.45, 2.75) is 41.7 Å². The predicted molar refractivity (Wildman–Crippen MR) is 183 cm³/mol. The number of fused-ring (bicyclic) bond motifs is 1. The summed E-state index contributed by atoms with van der Waals surface area (Å²) in [6, 6.07) is 20.1. The van der Waals surface area contributed by atoms with Crippen LogP contribution in [0.5, 0.6) is 23.0 Å². The van der Waals surface area contributed by atoms with Gasteiger partial charge < -0.3 is 28.7 Å². The monoisotopic (exact) mass is 638 g/mol. The van der Waals surface area contributed by atoms with Gasteiger partial charge in [0.25, 0.3) is 0 Å². The normalized spacial score (nSPS) is 16.2. The molecule has 0 spiro atoms. The van der Waals surface area contributed by atoms with Crippen LogP contribution in [0.15, 0.2) is 65.6 Å². The van der Waals surface area contributed by atoms with E-state index in [1.54, 1.807) is 33.1 Å². The summed E-state index contributed by atoms with van der Waals surface area (Å²) in [6.45, 7) is 2.36. The molecule has 9 heteroatoms. The van der Waals surface area contributed by atoms with E-state index >= 15 is 0 Å². The average molecular weight is 639 g/mol. The zero-order valence-corrected chi connectivity index (χ0v) is 28.5. The van der Waals surface area contributed by atoms with Gasteiger partial charge in [-0.15, -0.1) is 11.8 Å². The van der Waals surface area contributed by atoms with Crippen molar-refractivity contribution in [3.63, 3.8) is 0 Å². The number of hydrogen-bond acceptors (Lipinski definition) is 8. The fourth-order valence-electron chi connectivity index (χ4n) is 5.58. The largest absolute Gasteiger partial charge is 0.497 e. The molecule has 3 aromatic carbocycles. The van der Waals surface area contributed by atoms with Gasteiger partial charge in [-0.05, 0) is 92.8 Å². The van der Waals surface area contributed by atoms with E-state index in [1.807, 2.05) is 72.2 Å². The van der Waals surface area contributed by atoms with Crippen LogP contribution in [0, 0.1) is 0 Å². The minimum atomic E-state index is -0.804. The Hall–Kier alpha value is -3.01. The Labute approximate surface area is 271 Å². The number of para-hydroxylation sites is 1. The van der Waals surface area contributed by atoms with E-state index in [9.17, 15) is 4.79 Å². The second kappa shape index (κ2) is 16.3. The van der Waals surface area contributed by atoms with Crippen LogP contribution in [-0.2, 0) is 16.0 Å². The SMILES string of the molecule is COc1ccc(OCCCN(C)CCc2ccc(OC)c(OC)c2)c(C2(CCCCSC)Sc3ccccc3N(C)C2=O)c1. The molecule has 1 aliphatic heterocycles. The summed E-state index contributed by atoms with van der Waals surface area (Å²) in [6.07, 6.45) is 6.61. The summed E-state index contributed by atoms with van der Waals surface area (Å²) in [5.74, 6) is 4.12. The highest BCUT2D eigenvalue weighted by Gasteiger charge is 2.48. The molecule has 0 radical (unpaired) electrons. The Kier molecular flexibility index (Phi) is 12.6. The van der Waals surface area contributed by atoms with Gasteiger partial charge in [0.05, 0.1) is 33.6 Å². The molecule has 1 heterocycles. The molecule has 4 rings (SSSR count). The second-order valence-electron chi connectivity index (χ2n) is 11.0. The molecule has 0 aromatic heterocycles. The summed E-state index contributed by atoms with van der Waals surface area (Å²) < 4.78 is 22.1. The van der Waals surface area contributed by atoms with Crippen molar-refractivity contribution in [1.29, 1.82) is 0 Å². The van der Waals surface area contributed by atoms with Crippen LogP contribution < -0.4 is 23.8 Å². The van der Waals surface area contributed by atoms with Crippen molar-refractivity contribution in [2.75, 3.05) is 72.0 Å². The number of carbonyl (C=O) groups is 1. The first-order valence-electron chi connectivity index (χ1n) is 15.1. The molecule has 238 valence electrons. The molecular weight excluding hydrogens is 593 g/mol. The highest BCUT2D eigenvalue weighted by molar-refractivity contribution is 8.01. The smallest absolute Gasteiger partial charge is 0.248 e. The molecule has 0 saturated heterocycles. The maximum Gasteiger partial charge on any atom is 0.248 e. The lowest BCUT2D eigenvalue weighted by Crippen LogP contribution is -2.46. The number of thioether (sulfide) groups is 2. The molecule has 1 atom stereocenters. The molecule has 0 saturated carbocycles. The maximum atomic E-state index is 14.3. The number of benzene rings is 3. The first kappa shape index (κ1) is 33.9. The summed E-state index contributed by atoms with van der Waals surface area (Å²) in [7, 11) is 9.00. The fourth-order valence-corrected chi connectivity index (χ4v) is 7.64. The van der Waals surface area contributed by atoms with Crippen molar-refractivity contribution in [3.05, 3.63) is 71.8 Å². The average Bonchev–Trinajstić information content (AvgIpc) is 3.06. The Morgan fingerprint density at radius 3 is 2.41 bits per heavy atom. The van der Waals surface area contributed by atoms with Crippen molar-refractivity contribution >= 4 is 35.1 Å². The van der Waals surface area contributed by atoms with Gasteiger partial charge in [-0.2, -0.15) is 11.8 Å². The van der Waals surface area contributed by atoms with Crippen molar-refractivity contribution in [2.24, 2.45) is 0 Å². The van der Waals surface area contributed by atoms with Gasteiger partial charge in [0.2, 0.25) is 5.91 Å². The first-order chi connectivity index (χ1) is 21.4. The van der Waals surface area contributed by atoms with Crippen molar-refractivity contribution in [1.82, 2.24) is 4.90 Å². The van der Waals surface area contributed by atoms with Crippen molar-refractivity contribution < 1.29 is 23.7 Å². The number of likely N-dealkylation sites (N-methyl/N-ethyl adjacent to an activating group) is 2. The van der Waals surface area contributed by atoms with Gasteiger partial charge in [-0.1, -0.05) is 24.6 Å². The standard InChI is InChI=1S/C35H46N2O5S2/c1-36(21-18-26-14-16-31(40-4)32(24-26)41-5)20-11-22-42-30-17-15-27(39-3)25-28(30)35(19-9-10-23-43-6)34(38)37(2)29-12-7-8-13-33(29)44-35/h7-8,12-17,24-25H,9-11,18-23H2,1-6H3. The summed E-state index contributed by atoms with van der Waals surface area (Å²) >= 11 is 3.50. The van der Waals surface area contributed by atoms with Gasteiger partial charge >= 0.3 is 0 Å². The molecule has 7 nitrogen and oxygen atoms in total. The predicted octanol–water partition coefficient (Wildman–Crippen LogP) is 7.15. The van der Waals surface area contributed by atoms with Crippen LogP contribution >= 0.6 is 23.5 Å². The summed E-state index contributed by atoms with van der Waals surface area (Å²) in [5, 5.41) is 0. The lowest BCUT2D eigenvalue weighted by Gasteiger charge is -2.41. The lowest BCUT2D eigenvalue weighted by molar-refractivity contribution is -0.121. The van der Waals surface area contributed by atoms with Crippen LogP contribution in [-0.4, -0.2) is 77.9 Å². The van der Waals surface area contributed by atoms with Crippen LogP contribution in [0.2, 0.25) is 0 Å². The first-order valence-corrected chi connectivity index (χ1v) is 17.3. The number of anilines is 1. The van der Waals surface area contributed by atoms with Gasteiger partial charge in [0.15, 0.2) is 11.5 Å². The number of carbonyl (C=O) groups excluding carboxylic acids is 1. The van der Waals surface area contributed by atoms with Gasteiger partial charge in [0.1, 0.15) is 16.2 Å². The number of nitrogens with zero attached hydrogens (tertiary/aromatic N) is 2. The highest BCUT2D eigenvalue weighted by atomic mass is 32.2. The van der Waals surface area contributed by atoms with E-state index in [0.717, 1.165) is 90.1 Å². The summed E-state index contributed by atoms with van der Waals surface area (Å²) in [5.41, 5.74) is 3.04. The minimum absolute atomic E-state index is 0.0818. The number of ether oxygens (including phenoxy) is 4. The molecule has 1 aliphatic rings. The van der Waals surface area contributed by atoms with E-state index in [2.05, 4.69) is 30.3 Å². The van der Waals surface area contributed by atoms with E-state index in [-0.39, 0.29) is 5.91 Å². The third kappa shape index (κ3) is 7.98. The topological polar surface area (TPSA) is 60.5 Å². The third-order valence-corrected chi connectivity index (χ3v) is 10.3. The van der Waals surface area contributed by atoms with Gasteiger partial charge in [-0.25, -0.2) is 0 Å². The fraction of sp³-hybridized carbons (Fsp3) is 0.457. The Bertz CT molecular complexity index is 1390. The Balaban J connectivity index is 1.47. The van der Waals surface area contributed by atoms with Gasteiger partial charge in [-0.3, -0.25) is 4.79 Å². The minimum Gasteiger partial charge on any atom is -0.497 e. The number of unbranched alkanes of at least 4 members (excludes halogenated alkanes) is 1. The quantitative estimate of drug-likeness (QED) is 0.145. The highest BCUT2D eigenvalue weighted by Crippen LogP contribution is 2.55. The van der Waals surface area contributed by atoms with E-state index in [4.69, 9.17) is 18.9 Å². The Morgan fingerprint density at radius 2 is 1.66 bits per heavy atom. The third-order valence-electron chi connectivity index (χ3n) is 8.08. The molecule has 44 heavy (non-hydrogen) atoms. The number of hydrogen-bond donors (Lipinski definition) is 0. The Morgan fingerprint density at radius 1 is 0.886 bits per heavy atom. The van der Waals surface area contributed by atoms with E-state index in [1.165, 1.54) is 5.56 Å². The number of rotatable bonds is 17. The molecule has 3 aromatic rings. The van der Waals surface area contributed by atoms with Crippen LogP contribution in [0.1, 0.15) is 36.8 Å². The lowest BCUT2D eigenvalue weighted by atomic mass is 9.89. The molecule has 1 unspecified atom stereocenters. The number of amides is 1. The number of methoxy groups -OCH3 is 3. The maximum absolute atomic E-state index is 14.3. The van der Waals surface area contributed by atoms with Crippen LogP contribution in [0.4, 0.5) is 5.69 Å². The second-order valence-corrected chi connectivity index (χ2v) is 13.3. The molecule has 0 bridgehead atoms. The molecule has 1 amide bonds. The van der Waals surface area contributed by atoms with Crippen molar-refractivity contribution in [3.8, 4) is 23.0 Å². The molecule has 0 aliphatic carbocycles. The zero-order chi connectivity index (χ0) is 31.5. The van der Waals surface area contributed by atoms with Crippen LogP contribution in [0.25, 0.3) is 0 Å². The van der Waals surface area contributed by atoms with Gasteiger partial charge in [0, 0.05) is 30.6 Å². The van der Waals surface area contributed by atoms with E-state index in [0.29, 0.717) is 6.61 Å².